The fourth-order valence-electron chi connectivity index (χ4n) is 24.9. The number of fused-ring (bicyclic) bond motifs is 33. The van der Waals surface area contributed by atoms with Gasteiger partial charge >= 0.3 is 0 Å². The van der Waals surface area contributed by atoms with Crippen molar-refractivity contribution in [3.05, 3.63) is 510 Å². The number of furan rings is 3. The Labute approximate surface area is 873 Å². The largest absolute Gasteiger partial charge is 0.456 e. The molecule has 27 aromatic carbocycles. The van der Waals surface area contributed by atoms with Crippen LogP contribution < -0.4 is 0 Å². The van der Waals surface area contributed by atoms with Crippen molar-refractivity contribution < 1.29 is 13.3 Å². The molecule has 696 valence electrons. The van der Waals surface area contributed by atoms with Gasteiger partial charge in [0.05, 0.1) is 4.70 Å². The van der Waals surface area contributed by atoms with E-state index in [0.29, 0.717) is 0 Å². The maximum absolute atomic E-state index is 6.72. The maximum Gasteiger partial charge on any atom is 0.153 e. The lowest BCUT2D eigenvalue weighted by Gasteiger charge is -2.18. The molecule has 0 saturated carbocycles. The summed E-state index contributed by atoms with van der Waals surface area (Å²) in [6.07, 6.45) is 0. The molecule has 0 radical (unpaired) electrons. The average Bonchev–Trinajstić information content (AvgIpc) is 1.56. The van der Waals surface area contributed by atoms with Gasteiger partial charge in [0, 0.05) is 98.9 Å². The molecule has 6 heterocycles. The first-order valence-electron chi connectivity index (χ1n) is 51.3. The summed E-state index contributed by atoms with van der Waals surface area (Å²) in [4.78, 5) is 0. The third-order valence-electron chi connectivity index (χ3n) is 31.3. The molecule has 33 aromatic rings. The van der Waals surface area contributed by atoms with Crippen LogP contribution in [0.1, 0.15) is 0 Å². The van der Waals surface area contributed by atoms with Crippen LogP contribution in [0.2, 0.25) is 0 Å². The second-order valence-corrected chi connectivity index (χ2v) is 42.5. The molecule has 0 amide bonds. The first-order chi connectivity index (χ1) is 74.4. The van der Waals surface area contributed by atoms with Crippen molar-refractivity contribution in [3.8, 4) is 100 Å². The van der Waals surface area contributed by atoms with E-state index in [2.05, 4.69) is 497 Å². The number of thiophene rings is 3. The van der Waals surface area contributed by atoms with Crippen LogP contribution in [0, 0.1) is 0 Å². The minimum atomic E-state index is 0.923. The minimum Gasteiger partial charge on any atom is -0.456 e. The van der Waals surface area contributed by atoms with Crippen molar-refractivity contribution >= 4 is 257 Å². The zero-order valence-electron chi connectivity index (χ0n) is 80.9. The Morgan fingerprint density at radius 3 is 0.827 bits per heavy atom. The van der Waals surface area contributed by atoms with Gasteiger partial charge in [-0.2, -0.15) is 0 Å². The van der Waals surface area contributed by atoms with Gasteiger partial charge in [0.2, 0.25) is 0 Å². The highest BCUT2D eigenvalue weighted by atomic mass is 32.1. The molecular formula is C144H84O3S3. The highest BCUT2D eigenvalue weighted by Gasteiger charge is 2.28. The molecule has 0 N–H and O–H groups in total. The fourth-order valence-corrected chi connectivity index (χ4v) is 28.8. The van der Waals surface area contributed by atoms with Gasteiger partial charge in [-0.25, -0.2) is 0 Å². The number of para-hydroxylation sites is 2. The van der Waals surface area contributed by atoms with Crippen LogP contribution >= 0.6 is 34.0 Å². The smallest absolute Gasteiger partial charge is 0.153 e. The molecule has 0 bridgehead atoms. The van der Waals surface area contributed by atoms with Crippen molar-refractivity contribution in [2.24, 2.45) is 0 Å². The summed E-state index contributed by atoms with van der Waals surface area (Å²) in [6, 6.07) is 186. The van der Waals surface area contributed by atoms with Gasteiger partial charge in [-0.3, -0.25) is 0 Å². The SMILES string of the molecule is c1ccc(-c2c3ccccc3c(-c3cccc(-c4cc5c6ccc7c8ccccc8oc7c6sc5c5ccccc45)c3)c3ccccc23)cc1.c1ccc(-c2c3ccccc3c(-c3cccc(-c4cc5c6ccc7oc8ccccc8c7c6sc5c5ccccc45)c3)c3ccccc23)cc1.c1ccc(-c2c3ccccc3c(-c3cccc(-c4cc5oc6ccc7c8ccccc8sc7c6c5c5ccccc45)c3)c3ccccc23)cc1. The maximum atomic E-state index is 6.72. The number of hydrogen-bond acceptors (Lipinski definition) is 6. The van der Waals surface area contributed by atoms with Gasteiger partial charge in [-0.1, -0.05) is 425 Å². The minimum absolute atomic E-state index is 0.923. The van der Waals surface area contributed by atoms with E-state index >= 15 is 0 Å². The van der Waals surface area contributed by atoms with Gasteiger partial charge in [-0.15, -0.1) is 34.0 Å². The van der Waals surface area contributed by atoms with Crippen molar-refractivity contribution in [1.29, 1.82) is 0 Å². The lowest BCUT2D eigenvalue weighted by molar-refractivity contribution is 0.669. The first kappa shape index (κ1) is 85.7. The lowest BCUT2D eigenvalue weighted by atomic mass is 9.85. The standard InChI is InChI=1S/3C48H28OS/c1-2-13-29(14-3-1)44-34-19-5-7-21-36(34)45(37-22-8-6-20-35(37)44)31-16-12-15-30(27-31)41-28-42-40-26-25-38-33-18-10-11-24-43(33)49-46(38)48(40)50-47(42)39-23-9-4-17-32(39)41;1-2-13-29(14-3-1)44-33-18-5-7-20-35(33)45(36-21-8-6-19-34(36)44)31-16-12-15-30(27-31)40-28-41-38-25-26-43-46(39-23-10-11-24-42(39)49-43)48(38)50-47(41)37-22-9-4-17-32(37)40;1-2-13-29(14-3-1)44-35-20-6-8-22-37(35)45(38-23-9-7-21-36(38)44)31-16-12-15-30(27-31)40-28-42-46(34-19-5-4-17-32(34)40)47-41(49-42)26-25-39-33-18-10-11-24-43(33)50-48(39)47/h3*1-28H. The van der Waals surface area contributed by atoms with Gasteiger partial charge in [0.25, 0.3) is 0 Å². The van der Waals surface area contributed by atoms with Crippen LogP contribution in [0.15, 0.2) is 523 Å². The highest BCUT2D eigenvalue weighted by Crippen LogP contribution is 2.56. The van der Waals surface area contributed by atoms with Crippen molar-refractivity contribution in [2.75, 3.05) is 0 Å². The summed E-state index contributed by atoms with van der Waals surface area (Å²) in [5.41, 5.74) is 28.0. The Kier molecular flexibility index (Phi) is 19.7. The molecule has 6 heteroatoms. The van der Waals surface area contributed by atoms with Crippen LogP contribution in [-0.2, 0) is 0 Å². The average molecular weight is 1960 g/mol. The Morgan fingerprint density at radius 2 is 0.393 bits per heavy atom. The molecule has 3 nitrogen and oxygen atoms in total. The second-order valence-electron chi connectivity index (χ2n) is 39.5. The van der Waals surface area contributed by atoms with Gasteiger partial charge in [0.15, 0.2) is 5.58 Å². The quantitative estimate of drug-likeness (QED) is 0.135. The van der Waals surface area contributed by atoms with Crippen LogP contribution in [0.25, 0.3) is 323 Å². The summed E-state index contributed by atoms with van der Waals surface area (Å²) in [5.74, 6) is 0. The normalized spacial score (nSPS) is 12.0. The molecule has 0 aliphatic carbocycles. The number of benzene rings is 27. The molecular weight excluding hydrogens is 1870 g/mol. The predicted octanol–water partition coefficient (Wildman–Crippen LogP) is 43.2. The van der Waals surface area contributed by atoms with E-state index < -0.39 is 0 Å². The van der Waals surface area contributed by atoms with E-state index in [-0.39, 0.29) is 0 Å². The van der Waals surface area contributed by atoms with Crippen molar-refractivity contribution in [2.45, 2.75) is 0 Å². The second kappa shape index (κ2) is 34.5. The summed E-state index contributed by atoms with van der Waals surface area (Å²) in [6.45, 7) is 0. The van der Waals surface area contributed by atoms with E-state index in [0.717, 1.165) is 33.5 Å². The van der Waals surface area contributed by atoms with Gasteiger partial charge in [0.1, 0.15) is 27.9 Å². The molecule has 0 atom stereocenters. The van der Waals surface area contributed by atoms with Crippen LogP contribution in [0.4, 0.5) is 0 Å². The van der Waals surface area contributed by atoms with Gasteiger partial charge in [-0.05, 0) is 271 Å². The summed E-state index contributed by atoms with van der Waals surface area (Å²) in [5, 5.41) is 37.6. The molecule has 0 spiro atoms. The van der Waals surface area contributed by atoms with E-state index in [1.54, 1.807) is 0 Å². The Morgan fingerprint density at radius 1 is 0.120 bits per heavy atom. The van der Waals surface area contributed by atoms with Crippen LogP contribution in [-0.4, -0.2) is 0 Å². The zero-order chi connectivity index (χ0) is 98.3. The number of rotatable bonds is 9. The zero-order valence-corrected chi connectivity index (χ0v) is 83.4. The van der Waals surface area contributed by atoms with Gasteiger partial charge < -0.3 is 13.3 Å². The molecule has 150 heavy (non-hydrogen) atoms. The molecule has 0 aliphatic rings. The Bertz CT molecular complexity index is 11300. The highest BCUT2D eigenvalue weighted by molar-refractivity contribution is 7.28. The van der Waals surface area contributed by atoms with Crippen LogP contribution in [0.5, 0.6) is 0 Å². The first-order valence-corrected chi connectivity index (χ1v) is 53.7. The topological polar surface area (TPSA) is 39.4 Å². The van der Waals surface area contributed by atoms with Crippen molar-refractivity contribution in [3.63, 3.8) is 0 Å². The molecule has 0 saturated heterocycles. The lowest BCUT2D eigenvalue weighted by Crippen LogP contribution is -1.91. The molecule has 0 fully saturated rings. The molecule has 33 rings (SSSR count). The molecule has 0 aliphatic heterocycles. The third-order valence-corrected chi connectivity index (χ3v) is 35.1. The summed E-state index contributed by atoms with van der Waals surface area (Å²) >= 11 is 5.60. The van der Waals surface area contributed by atoms with Crippen LogP contribution in [0.3, 0.4) is 0 Å². The summed E-state index contributed by atoms with van der Waals surface area (Å²) in [7, 11) is 0. The predicted molar refractivity (Wildman–Crippen MR) is 646 cm³/mol. The molecule has 0 unspecified atom stereocenters. The fraction of sp³-hybridized carbons (Fsp3) is 0. The monoisotopic (exact) mass is 1960 g/mol. The van der Waals surface area contributed by atoms with E-state index in [1.165, 1.54) is 290 Å². The van der Waals surface area contributed by atoms with E-state index in [1.807, 2.05) is 46.1 Å². The van der Waals surface area contributed by atoms with E-state index in [9.17, 15) is 0 Å². The number of hydrogen-bond donors (Lipinski definition) is 0. The van der Waals surface area contributed by atoms with E-state index in [4.69, 9.17) is 13.3 Å². The summed E-state index contributed by atoms with van der Waals surface area (Å²) < 4.78 is 27.2. The van der Waals surface area contributed by atoms with Crippen molar-refractivity contribution in [1.82, 2.24) is 0 Å². The Balaban J connectivity index is 0.000000101. The Hall–Kier alpha value is -18.7. The third kappa shape index (κ3) is 13.4. The molecule has 6 aromatic heterocycles.